The van der Waals surface area contributed by atoms with Gasteiger partial charge in [-0.15, -0.1) is 0 Å². The zero-order valence-electron chi connectivity index (χ0n) is 33.2. The normalized spacial score (nSPS) is 14.1. The van der Waals surface area contributed by atoms with Crippen molar-refractivity contribution in [1.82, 2.24) is 5.32 Å². The summed E-state index contributed by atoms with van der Waals surface area (Å²) >= 11 is 0. The summed E-state index contributed by atoms with van der Waals surface area (Å²) < 4.78 is 5.81. The summed E-state index contributed by atoms with van der Waals surface area (Å²) in [4.78, 5) is 25.8. The molecule has 3 N–H and O–H groups in total. The number of ether oxygens (including phenoxy) is 1. The molecule has 0 aliphatic rings. The molecule has 6 nitrogen and oxygen atoms in total. The first-order valence-electron chi connectivity index (χ1n) is 21.1. The number of nitrogens with one attached hydrogen (secondary N) is 1. The number of hydrogen-bond acceptors (Lipinski definition) is 5. The zero-order valence-corrected chi connectivity index (χ0v) is 33.2. The molecule has 0 spiro atoms. The molecule has 51 heavy (non-hydrogen) atoms. The van der Waals surface area contributed by atoms with E-state index in [9.17, 15) is 19.8 Å². The first-order valence-corrected chi connectivity index (χ1v) is 21.1. The van der Waals surface area contributed by atoms with Crippen LogP contribution in [0.3, 0.4) is 0 Å². The molecule has 6 heteroatoms. The van der Waals surface area contributed by atoms with Gasteiger partial charge in [-0.2, -0.15) is 0 Å². The summed E-state index contributed by atoms with van der Waals surface area (Å²) in [5.41, 5.74) is 0. The van der Waals surface area contributed by atoms with Crippen molar-refractivity contribution in [3.63, 3.8) is 0 Å². The van der Waals surface area contributed by atoms with Gasteiger partial charge in [-0.25, -0.2) is 0 Å². The molecule has 0 saturated carbocycles. The molecular formula is C45H79NO5. The number of unbranched alkanes of at least 4 members (excludes halogenated alkanes) is 18. The number of hydrogen-bond donors (Lipinski definition) is 3. The van der Waals surface area contributed by atoms with Crippen molar-refractivity contribution >= 4 is 11.9 Å². The number of aliphatic hydroxyl groups is 2. The van der Waals surface area contributed by atoms with Gasteiger partial charge in [0.15, 0.2) is 0 Å². The molecule has 0 aliphatic heterocycles. The maximum atomic E-state index is 13.0. The molecule has 0 aromatic rings. The summed E-state index contributed by atoms with van der Waals surface area (Å²) in [5, 5.41) is 23.5. The third-order valence-electron chi connectivity index (χ3n) is 9.24. The van der Waals surface area contributed by atoms with Gasteiger partial charge in [0, 0.05) is 6.42 Å². The van der Waals surface area contributed by atoms with Crippen molar-refractivity contribution in [3.05, 3.63) is 60.8 Å². The number of esters is 1. The highest BCUT2D eigenvalue weighted by molar-refractivity contribution is 5.77. The molecule has 0 aromatic heterocycles. The van der Waals surface area contributed by atoms with Crippen LogP contribution in [0, 0.1) is 0 Å². The summed E-state index contributed by atoms with van der Waals surface area (Å²) in [6, 6.07) is -0.712. The van der Waals surface area contributed by atoms with Crippen LogP contribution in [-0.2, 0) is 14.3 Å². The van der Waals surface area contributed by atoms with Crippen LogP contribution in [0.5, 0.6) is 0 Å². The van der Waals surface area contributed by atoms with Crippen LogP contribution in [0.25, 0.3) is 0 Å². The van der Waals surface area contributed by atoms with Crippen molar-refractivity contribution in [2.24, 2.45) is 0 Å². The van der Waals surface area contributed by atoms with Gasteiger partial charge in [-0.1, -0.05) is 197 Å². The summed E-state index contributed by atoms with van der Waals surface area (Å²) in [5.74, 6) is -0.572. The highest BCUT2D eigenvalue weighted by Gasteiger charge is 2.24. The van der Waals surface area contributed by atoms with Crippen molar-refractivity contribution in [2.75, 3.05) is 6.61 Å². The standard InChI is InChI=1S/C45H79NO5/c1-4-7-10-13-16-18-20-22-24-26-29-32-35-38-45(50)51-41(36-33-30-27-15-12-9-6-3)39-44(49)46-42(40-47)43(48)37-34-31-28-25-23-21-19-17-14-11-8-5-2/h7,10,13,16,18,20,22,24,26,29,41-43,47-48H,4-6,8-9,11-12,14-15,17,19,21,23,25,27-28,30-40H2,1-3H3,(H,46,49)/b10-7+,16-13+,20-18-,24-22-,29-26+. The van der Waals surface area contributed by atoms with Gasteiger partial charge >= 0.3 is 5.97 Å². The van der Waals surface area contributed by atoms with Gasteiger partial charge in [0.2, 0.25) is 5.91 Å². The van der Waals surface area contributed by atoms with Crippen molar-refractivity contribution < 1.29 is 24.5 Å². The van der Waals surface area contributed by atoms with Crippen molar-refractivity contribution in [3.8, 4) is 0 Å². The Balaban J connectivity index is 4.60. The minimum atomic E-state index is -0.796. The molecule has 0 aliphatic carbocycles. The van der Waals surface area contributed by atoms with E-state index in [1.54, 1.807) is 0 Å². The number of carbonyl (C=O) groups excluding carboxylic acids is 2. The number of rotatable bonds is 36. The lowest BCUT2D eigenvalue weighted by atomic mass is 10.0. The third-order valence-corrected chi connectivity index (χ3v) is 9.24. The molecule has 0 saturated heterocycles. The topological polar surface area (TPSA) is 95.9 Å². The second kappa shape index (κ2) is 38.8. The predicted octanol–water partition coefficient (Wildman–Crippen LogP) is 11.7. The average molecular weight is 714 g/mol. The Morgan fingerprint density at radius 3 is 1.53 bits per heavy atom. The molecule has 0 aromatic carbocycles. The predicted molar refractivity (Wildman–Crippen MR) is 218 cm³/mol. The number of aliphatic hydroxyl groups excluding tert-OH is 2. The summed E-state index contributed by atoms with van der Waals surface area (Å²) in [6.07, 6.45) is 45.8. The van der Waals surface area contributed by atoms with Crippen LogP contribution in [0.1, 0.15) is 188 Å². The highest BCUT2D eigenvalue weighted by Crippen LogP contribution is 2.17. The second-order valence-electron chi connectivity index (χ2n) is 14.1. The van der Waals surface area contributed by atoms with Crippen molar-refractivity contribution in [1.29, 1.82) is 0 Å². The van der Waals surface area contributed by atoms with Crippen LogP contribution in [0.15, 0.2) is 60.8 Å². The van der Waals surface area contributed by atoms with E-state index in [1.807, 2.05) is 54.7 Å². The van der Waals surface area contributed by atoms with Crippen molar-refractivity contribution in [2.45, 2.75) is 206 Å². The average Bonchev–Trinajstić information content (AvgIpc) is 3.12. The first-order chi connectivity index (χ1) is 25.0. The molecule has 0 fully saturated rings. The minimum Gasteiger partial charge on any atom is -0.462 e. The smallest absolute Gasteiger partial charge is 0.306 e. The van der Waals surface area contributed by atoms with Crippen LogP contribution >= 0.6 is 0 Å². The summed E-state index contributed by atoms with van der Waals surface area (Å²) in [6.45, 7) is 6.25. The van der Waals surface area contributed by atoms with Crippen LogP contribution in [0.4, 0.5) is 0 Å². The zero-order chi connectivity index (χ0) is 37.5. The number of allylic oxidation sites excluding steroid dienone is 10. The Hall–Kier alpha value is -2.44. The molecule has 0 bridgehead atoms. The Labute approximate surface area is 314 Å². The number of carbonyl (C=O) groups is 2. The fourth-order valence-electron chi connectivity index (χ4n) is 6.05. The Bertz CT molecular complexity index is 937. The van der Waals surface area contributed by atoms with E-state index in [1.165, 1.54) is 83.5 Å². The first kappa shape index (κ1) is 48.6. The molecular weight excluding hydrogens is 634 g/mol. The monoisotopic (exact) mass is 714 g/mol. The van der Waals surface area contributed by atoms with Crippen LogP contribution < -0.4 is 5.32 Å². The molecule has 0 heterocycles. The molecule has 3 unspecified atom stereocenters. The lowest BCUT2D eigenvalue weighted by Crippen LogP contribution is -2.46. The Morgan fingerprint density at radius 2 is 1.04 bits per heavy atom. The third kappa shape index (κ3) is 34.4. The fraction of sp³-hybridized carbons (Fsp3) is 0.733. The van der Waals surface area contributed by atoms with Gasteiger partial charge < -0.3 is 20.3 Å². The molecule has 294 valence electrons. The van der Waals surface area contributed by atoms with E-state index < -0.39 is 18.2 Å². The van der Waals surface area contributed by atoms with Crippen LogP contribution in [-0.4, -0.2) is 46.9 Å². The molecule has 1 amide bonds. The maximum Gasteiger partial charge on any atom is 0.306 e. The van der Waals surface area contributed by atoms with E-state index in [4.69, 9.17) is 4.74 Å². The lowest BCUT2D eigenvalue weighted by Gasteiger charge is -2.24. The van der Waals surface area contributed by atoms with Gasteiger partial charge in [-0.3, -0.25) is 9.59 Å². The van der Waals surface area contributed by atoms with Crippen LogP contribution in [0.2, 0.25) is 0 Å². The molecule has 0 rings (SSSR count). The quantitative estimate of drug-likeness (QED) is 0.0341. The summed E-state index contributed by atoms with van der Waals surface area (Å²) in [7, 11) is 0. The Kier molecular flexibility index (Phi) is 36.9. The lowest BCUT2D eigenvalue weighted by molar-refractivity contribution is -0.151. The second-order valence-corrected chi connectivity index (χ2v) is 14.1. The minimum absolute atomic E-state index is 0.0473. The van der Waals surface area contributed by atoms with E-state index in [2.05, 4.69) is 32.2 Å². The largest absolute Gasteiger partial charge is 0.462 e. The van der Waals surface area contributed by atoms with Gasteiger partial charge in [0.1, 0.15) is 6.10 Å². The highest BCUT2D eigenvalue weighted by atomic mass is 16.5. The van der Waals surface area contributed by atoms with E-state index in [-0.39, 0.29) is 24.9 Å². The van der Waals surface area contributed by atoms with E-state index in [0.29, 0.717) is 25.7 Å². The van der Waals surface area contributed by atoms with E-state index >= 15 is 0 Å². The molecule has 3 atom stereocenters. The fourth-order valence-corrected chi connectivity index (χ4v) is 6.05. The maximum absolute atomic E-state index is 13.0. The Morgan fingerprint density at radius 1 is 0.588 bits per heavy atom. The van der Waals surface area contributed by atoms with E-state index in [0.717, 1.165) is 51.4 Å². The van der Waals surface area contributed by atoms with Gasteiger partial charge in [-0.05, 0) is 38.5 Å². The molecule has 0 radical (unpaired) electrons. The number of amides is 1. The SMILES string of the molecule is CC/C=C/C=C/C=C\C=C/C=C/CCCC(=O)OC(CCCCCCCCC)CC(=O)NC(CO)C(O)CCCCCCCCCCCCCC. The van der Waals surface area contributed by atoms with Gasteiger partial charge in [0.05, 0.1) is 25.2 Å². The van der Waals surface area contributed by atoms with Gasteiger partial charge in [0.25, 0.3) is 0 Å².